The molecule has 0 bridgehead atoms. The second-order valence-corrected chi connectivity index (χ2v) is 12.7. The van der Waals surface area contributed by atoms with Crippen LogP contribution in [0.25, 0.3) is 0 Å². The van der Waals surface area contributed by atoms with Gasteiger partial charge in [-0.1, -0.05) is 110 Å². The SMILES string of the molecule is O=C(NC1CCCC1)C(Cc1ccccc1)N(Cc1ccccc1)C(=O)CN(c1ccccc1)S(=O)(=O)c1ccccc1. The summed E-state index contributed by atoms with van der Waals surface area (Å²) in [5.74, 6) is -0.688. The molecule has 7 nitrogen and oxygen atoms in total. The van der Waals surface area contributed by atoms with Crippen LogP contribution in [0.3, 0.4) is 0 Å². The molecular weight excluding hydrogens is 558 g/mol. The number of nitrogens with zero attached hydrogens (tertiary/aromatic N) is 2. The lowest BCUT2D eigenvalue weighted by Crippen LogP contribution is -2.54. The molecule has 0 spiro atoms. The van der Waals surface area contributed by atoms with Gasteiger partial charge in [0, 0.05) is 19.0 Å². The van der Waals surface area contributed by atoms with Gasteiger partial charge in [-0.25, -0.2) is 8.42 Å². The molecule has 0 radical (unpaired) electrons. The molecule has 1 aliphatic rings. The van der Waals surface area contributed by atoms with Gasteiger partial charge in [0.15, 0.2) is 0 Å². The van der Waals surface area contributed by atoms with E-state index >= 15 is 0 Å². The van der Waals surface area contributed by atoms with E-state index in [1.54, 1.807) is 53.4 Å². The number of anilines is 1. The largest absolute Gasteiger partial charge is 0.352 e. The molecule has 1 unspecified atom stereocenters. The molecule has 1 saturated carbocycles. The van der Waals surface area contributed by atoms with Crippen molar-refractivity contribution in [1.82, 2.24) is 10.2 Å². The highest BCUT2D eigenvalue weighted by molar-refractivity contribution is 7.92. The van der Waals surface area contributed by atoms with Crippen molar-refractivity contribution in [3.05, 3.63) is 132 Å². The van der Waals surface area contributed by atoms with Gasteiger partial charge < -0.3 is 10.2 Å². The summed E-state index contributed by atoms with van der Waals surface area (Å²) in [7, 11) is -4.09. The van der Waals surface area contributed by atoms with E-state index < -0.39 is 28.5 Å². The van der Waals surface area contributed by atoms with E-state index in [1.165, 1.54) is 12.1 Å². The number of carbonyl (C=O) groups excluding carboxylic acids is 2. The van der Waals surface area contributed by atoms with Crippen molar-refractivity contribution in [1.29, 1.82) is 0 Å². The van der Waals surface area contributed by atoms with E-state index in [2.05, 4.69) is 5.32 Å². The van der Waals surface area contributed by atoms with Crippen molar-refractivity contribution >= 4 is 27.5 Å². The number of benzene rings is 4. The summed E-state index contributed by atoms with van der Waals surface area (Å²) in [5, 5.41) is 3.20. The van der Waals surface area contributed by atoms with Crippen LogP contribution in [-0.4, -0.2) is 43.8 Å². The fraction of sp³-hybridized carbons (Fsp3) is 0.257. The third-order valence-corrected chi connectivity index (χ3v) is 9.61. The van der Waals surface area contributed by atoms with Gasteiger partial charge in [-0.2, -0.15) is 0 Å². The maximum absolute atomic E-state index is 14.4. The molecule has 1 atom stereocenters. The number of carbonyl (C=O) groups is 2. The van der Waals surface area contributed by atoms with Gasteiger partial charge in [0.2, 0.25) is 11.8 Å². The monoisotopic (exact) mass is 595 g/mol. The zero-order valence-electron chi connectivity index (χ0n) is 24.1. The number of amides is 2. The maximum Gasteiger partial charge on any atom is 0.264 e. The molecule has 0 aromatic heterocycles. The van der Waals surface area contributed by atoms with Gasteiger partial charge in [-0.3, -0.25) is 13.9 Å². The highest BCUT2D eigenvalue weighted by Gasteiger charge is 2.35. The smallest absolute Gasteiger partial charge is 0.264 e. The van der Waals surface area contributed by atoms with Gasteiger partial charge in [-0.15, -0.1) is 0 Å². The maximum atomic E-state index is 14.4. The summed E-state index contributed by atoms with van der Waals surface area (Å²) < 4.78 is 29.0. The molecule has 0 heterocycles. The standard InChI is InChI=1S/C35H37N3O4S/c39-34(27-38(31-21-9-3-10-22-31)43(41,42)32-23-11-4-12-24-32)37(26-29-17-7-2-8-18-29)33(25-28-15-5-1-6-16-28)35(40)36-30-19-13-14-20-30/h1-12,15-18,21-24,30,33H,13-14,19-20,25-27H2,(H,36,40). The van der Waals surface area contributed by atoms with Gasteiger partial charge in [0.25, 0.3) is 10.0 Å². The molecule has 43 heavy (non-hydrogen) atoms. The average Bonchev–Trinajstić information content (AvgIpc) is 3.56. The van der Waals surface area contributed by atoms with Crippen LogP contribution in [0.1, 0.15) is 36.8 Å². The molecule has 1 aliphatic carbocycles. The molecule has 5 rings (SSSR count). The van der Waals surface area contributed by atoms with Crippen molar-refractivity contribution < 1.29 is 18.0 Å². The second kappa shape index (κ2) is 14.2. The fourth-order valence-electron chi connectivity index (χ4n) is 5.54. The molecule has 1 N–H and O–H groups in total. The second-order valence-electron chi connectivity index (χ2n) is 10.9. The predicted molar refractivity (Wildman–Crippen MR) is 169 cm³/mol. The van der Waals surface area contributed by atoms with Crippen molar-refractivity contribution in [2.75, 3.05) is 10.8 Å². The summed E-state index contributed by atoms with van der Waals surface area (Å²) in [4.78, 5) is 30.0. The summed E-state index contributed by atoms with van der Waals surface area (Å²) >= 11 is 0. The molecule has 4 aromatic carbocycles. The van der Waals surface area contributed by atoms with Crippen molar-refractivity contribution in [3.63, 3.8) is 0 Å². The van der Waals surface area contributed by atoms with E-state index in [-0.39, 0.29) is 23.4 Å². The first-order valence-electron chi connectivity index (χ1n) is 14.7. The summed E-state index contributed by atoms with van der Waals surface area (Å²) in [5.41, 5.74) is 2.13. The number of nitrogens with one attached hydrogen (secondary N) is 1. The Morgan fingerprint density at radius 1 is 0.721 bits per heavy atom. The summed E-state index contributed by atoms with van der Waals surface area (Å²) in [6, 6.07) is 35.0. The minimum Gasteiger partial charge on any atom is -0.352 e. The van der Waals surface area contributed by atoms with Gasteiger partial charge in [0.05, 0.1) is 10.6 Å². The van der Waals surface area contributed by atoms with Crippen LogP contribution in [0, 0.1) is 0 Å². The number of hydrogen-bond donors (Lipinski definition) is 1. The van der Waals surface area contributed by atoms with Gasteiger partial charge in [0.1, 0.15) is 12.6 Å². The van der Waals surface area contributed by atoms with Gasteiger partial charge >= 0.3 is 0 Å². The van der Waals surface area contributed by atoms with Crippen LogP contribution < -0.4 is 9.62 Å². The van der Waals surface area contributed by atoms with Crippen molar-refractivity contribution in [2.24, 2.45) is 0 Å². The molecule has 1 fully saturated rings. The van der Waals surface area contributed by atoms with Crippen LogP contribution in [0.4, 0.5) is 5.69 Å². The van der Waals surface area contributed by atoms with Gasteiger partial charge in [-0.05, 0) is 48.2 Å². The van der Waals surface area contributed by atoms with E-state index in [4.69, 9.17) is 0 Å². The predicted octanol–water partition coefficient (Wildman–Crippen LogP) is 5.58. The molecule has 222 valence electrons. The van der Waals surface area contributed by atoms with E-state index in [0.29, 0.717) is 12.1 Å². The van der Waals surface area contributed by atoms with Crippen LogP contribution >= 0.6 is 0 Å². The minimum absolute atomic E-state index is 0.0683. The minimum atomic E-state index is -4.09. The third kappa shape index (κ3) is 7.70. The molecule has 0 saturated heterocycles. The number of para-hydroxylation sites is 1. The zero-order chi connectivity index (χ0) is 30.1. The molecule has 4 aromatic rings. The van der Waals surface area contributed by atoms with Crippen LogP contribution in [0.5, 0.6) is 0 Å². The Balaban J connectivity index is 1.53. The molecule has 0 aliphatic heterocycles. The Morgan fingerprint density at radius 2 is 1.23 bits per heavy atom. The number of sulfonamides is 1. The first kappa shape index (κ1) is 30.0. The zero-order valence-corrected chi connectivity index (χ0v) is 24.9. The van der Waals surface area contributed by atoms with E-state index in [9.17, 15) is 18.0 Å². The van der Waals surface area contributed by atoms with Crippen LogP contribution in [0.15, 0.2) is 126 Å². The lowest BCUT2D eigenvalue weighted by atomic mass is 10.0. The Kier molecular flexibility index (Phi) is 9.89. The van der Waals surface area contributed by atoms with E-state index in [0.717, 1.165) is 41.1 Å². The normalized spacial score (nSPS) is 14.1. The average molecular weight is 596 g/mol. The lowest BCUT2D eigenvalue weighted by Gasteiger charge is -2.34. The van der Waals surface area contributed by atoms with Crippen LogP contribution in [0.2, 0.25) is 0 Å². The molecule has 2 amide bonds. The van der Waals surface area contributed by atoms with Crippen molar-refractivity contribution in [2.45, 2.75) is 55.6 Å². The molecule has 8 heteroatoms. The highest BCUT2D eigenvalue weighted by atomic mass is 32.2. The summed E-state index contributed by atoms with van der Waals surface area (Å²) in [6.07, 6.45) is 4.24. The molecular formula is C35H37N3O4S. The lowest BCUT2D eigenvalue weighted by molar-refractivity contribution is -0.140. The Morgan fingerprint density at radius 3 is 1.81 bits per heavy atom. The Hall–Kier alpha value is -4.43. The van der Waals surface area contributed by atoms with Crippen LogP contribution in [-0.2, 0) is 32.6 Å². The topological polar surface area (TPSA) is 86.8 Å². The van der Waals surface area contributed by atoms with E-state index in [1.807, 2.05) is 60.7 Å². The quantitative estimate of drug-likeness (QED) is 0.232. The highest BCUT2D eigenvalue weighted by Crippen LogP contribution is 2.25. The first-order chi connectivity index (χ1) is 20.9. The number of rotatable bonds is 12. The fourth-order valence-corrected chi connectivity index (χ4v) is 6.98. The Labute approximate surface area is 254 Å². The number of hydrogen-bond acceptors (Lipinski definition) is 4. The Bertz CT molecular complexity index is 1580. The summed E-state index contributed by atoms with van der Waals surface area (Å²) in [6.45, 7) is -0.306. The first-order valence-corrected chi connectivity index (χ1v) is 16.2. The third-order valence-electron chi connectivity index (χ3n) is 7.82. The van der Waals surface area contributed by atoms with Crippen molar-refractivity contribution in [3.8, 4) is 0 Å².